The minimum Gasteiger partial charge on any atom is -0.310 e. The largest absolute Gasteiger partial charge is 0.310 e. The Hall–Kier alpha value is -1.82. The second-order valence-electron chi connectivity index (χ2n) is 5.20. The zero-order valence-corrected chi connectivity index (χ0v) is 12.1. The SMILES string of the molecule is c1cc2nc(c1)CNCc1cccc(n1)CNCCNC2. The molecule has 2 aromatic heterocycles. The normalized spacial score (nSPS) is 16.8. The van der Waals surface area contributed by atoms with E-state index in [0.29, 0.717) is 0 Å². The predicted molar refractivity (Wildman–Crippen MR) is 82.4 cm³/mol. The molecule has 5 nitrogen and oxygen atoms in total. The number of hydrogen-bond acceptors (Lipinski definition) is 5. The third-order valence-electron chi connectivity index (χ3n) is 3.43. The zero-order chi connectivity index (χ0) is 14.3. The van der Waals surface area contributed by atoms with Gasteiger partial charge in [0.15, 0.2) is 0 Å². The van der Waals surface area contributed by atoms with E-state index >= 15 is 0 Å². The van der Waals surface area contributed by atoms with Crippen LogP contribution in [0.5, 0.6) is 0 Å². The van der Waals surface area contributed by atoms with Crippen LogP contribution in [0.3, 0.4) is 0 Å². The van der Waals surface area contributed by atoms with Crippen LogP contribution in [0, 0.1) is 0 Å². The number of nitrogens with zero attached hydrogens (tertiary/aromatic N) is 2. The number of pyridine rings is 2. The first-order chi connectivity index (χ1) is 10.4. The Bertz CT molecular complexity index is 533. The smallest absolute Gasteiger partial charge is 0.0545 e. The van der Waals surface area contributed by atoms with Crippen LogP contribution in [0.4, 0.5) is 0 Å². The summed E-state index contributed by atoms with van der Waals surface area (Å²) >= 11 is 0. The van der Waals surface area contributed by atoms with Crippen molar-refractivity contribution < 1.29 is 0 Å². The molecule has 3 N–H and O–H groups in total. The summed E-state index contributed by atoms with van der Waals surface area (Å²) in [5.74, 6) is 0. The Morgan fingerprint density at radius 3 is 1.38 bits per heavy atom. The van der Waals surface area contributed by atoms with Crippen molar-refractivity contribution >= 4 is 0 Å². The maximum absolute atomic E-state index is 4.65. The average molecular weight is 283 g/mol. The summed E-state index contributed by atoms with van der Waals surface area (Å²) in [6.07, 6.45) is 0. The molecule has 0 unspecified atom stereocenters. The van der Waals surface area contributed by atoms with Crippen molar-refractivity contribution in [1.82, 2.24) is 25.9 Å². The molecule has 21 heavy (non-hydrogen) atoms. The quantitative estimate of drug-likeness (QED) is 0.672. The van der Waals surface area contributed by atoms with Crippen LogP contribution in [-0.4, -0.2) is 23.1 Å². The first kappa shape index (κ1) is 14.1. The molecule has 0 fully saturated rings. The standard InChI is InChI=1S/C16H21N5/c1-3-13-9-17-7-8-18-10-14-4-2-6-16(21-14)12-19-11-15(5-1)20-13/h1-6,17-19H,7-12H2. The third-order valence-corrected chi connectivity index (χ3v) is 3.43. The average Bonchev–Trinajstić information content (AvgIpc) is 2.51. The van der Waals surface area contributed by atoms with Crippen molar-refractivity contribution in [2.45, 2.75) is 26.2 Å². The number of fused-ring (bicyclic) bond motifs is 4. The summed E-state index contributed by atoms with van der Waals surface area (Å²) in [6.45, 7) is 4.98. The van der Waals surface area contributed by atoms with Crippen molar-refractivity contribution in [1.29, 1.82) is 0 Å². The highest BCUT2D eigenvalue weighted by Crippen LogP contribution is 2.02. The van der Waals surface area contributed by atoms with Crippen LogP contribution in [0.2, 0.25) is 0 Å². The van der Waals surface area contributed by atoms with E-state index in [1.165, 1.54) is 0 Å². The lowest BCUT2D eigenvalue weighted by Crippen LogP contribution is -2.27. The van der Waals surface area contributed by atoms with Crippen molar-refractivity contribution in [2.75, 3.05) is 13.1 Å². The third kappa shape index (κ3) is 4.32. The maximum Gasteiger partial charge on any atom is 0.0545 e. The molecule has 0 saturated carbocycles. The Morgan fingerprint density at radius 1 is 0.571 bits per heavy atom. The molecule has 3 rings (SSSR count). The summed E-state index contributed by atoms with van der Waals surface area (Å²) in [6, 6.07) is 12.4. The van der Waals surface area contributed by atoms with Crippen molar-refractivity contribution in [3.05, 3.63) is 59.2 Å². The molecule has 2 aromatic rings. The van der Waals surface area contributed by atoms with Crippen molar-refractivity contribution in [3.63, 3.8) is 0 Å². The van der Waals surface area contributed by atoms with Crippen LogP contribution in [0.15, 0.2) is 36.4 Å². The second-order valence-corrected chi connectivity index (χ2v) is 5.20. The highest BCUT2D eigenvalue weighted by molar-refractivity contribution is 5.13. The van der Waals surface area contributed by atoms with Gasteiger partial charge in [-0.25, -0.2) is 0 Å². The molecule has 110 valence electrons. The molecule has 0 aliphatic carbocycles. The lowest BCUT2D eigenvalue weighted by Gasteiger charge is -2.07. The Morgan fingerprint density at radius 2 is 0.952 bits per heavy atom. The fourth-order valence-electron chi connectivity index (χ4n) is 2.38. The number of hydrogen-bond donors (Lipinski definition) is 3. The van der Waals surface area contributed by atoms with Crippen LogP contribution < -0.4 is 16.0 Å². The number of aromatic nitrogens is 2. The molecule has 1 aliphatic heterocycles. The highest BCUT2D eigenvalue weighted by atomic mass is 15.0. The van der Waals surface area contributed by atoms with E-state index in [1.54, 1.807) is 0 Å². The lowest BCUT2D eigenvalue weighted by molar-refractivity contribution is 0.600. The van der Waals surface area contributed by atoms with Gasteiger partial charge in [-0.2, -0.15) is 0 Å². The second kappa shape index (κ2) is 7.26. The van der Waals surface area contributed by atoms with Gasteiger partial charge in [0, 0.05) is 39.3 Å². The number of nitrogens with one attached hydrogen (secondary N) is 3. The van der Waals surface area contributed by atoms with Gasteiger partial charge in [0.05, 0.1) is 22.8 Å². The van der Waals surface area contributed by atoms with Gasteiger partial charge < -0.3 is 16.0 Å². The van der Waals surface area contributed by atoms with Crippen LogP contribution in [-0.2, 0) is 26.2 Å². The van der Waals surface area contributed by atoms with E-state index in [0.717, 1.165) is 62.0 Å². The molecule has 5 heteroatoms. The van der Waals surface area contributed by atoms with Gasteiger partial charge in [-0.3, -0.25) is 9.97 Å². The molecule has 3 heterocycles. The summed E-state index contributed by atoms with van der Waals surface area (Å²) in [4.78, 5) is 9.30. The molecule has 0 radical (unpaired) electrons. The van der Waals surface area contributed by atoms with Gasteiger partial charge in [-0.15, -0.1) is 0 Å². The molecule has 0 saturated heterocycles. The van der Waals surface area contributed by atoms with Gasteiger partial charge in [0.1, 0.15) is 0 Å². The van der Waals surface area contributed by atoms with E-state index < -0.39 is 0 Å². The first-order valence-electron chi connectivity index (χ1n) is 7.42. The van der Waals surface area contributed by atoms with E-state index in [9.17, 15) is 0 Å². The van der Waals surface area contributed by atoms with E-state index in [2.05, 4.69) is 62.3 Å². The number of rotatable bonds is 0. The summed E-state index contributed by atoms with van der Waals surface area (Å²) in [5, 5.41) is 10.2. The molecule has 0 amide bonds. The summed E-state index contributed by atoms with van der Waals surface area (Å²) < 4.78 is 0. The molecule has 4 bridgehead atoms. The highest BCUT2D eigenvalue weighted by Gasteiger charge is 2.02. The van der Waals surface area contributed by atoms with Crippen LogP contribution >= 0.6 is 0 Å². The fourth-order valence-corrected chi connectivity index (χ4v) is 2.38. The van der Waals surface area contributed by atoms with Crippen LogP contribution in [0.25, 0.3) is 0 Å². The molecular weight excluding hydrogens is 262 g/mol. The Balaban J connectivity index is 1.72. The minimum atomic E-state index is 0.762. The molecular formula is C16H21N5. The van der Waals surface area contributed by atoms with Crippen molar-refractivity contribution in [2.24, 2.45) is 0 Å². The van der Waals surface area contributed by atoms with Gasteiger partial charge in [-0.05, 0) is 24.3 Å². The van der Waals surface area contributed by atoms with E-state index in [1.807, 2.05) is 0 Å². The molecule has 1 aliphatic rings. The topological polar surface area (TPSA) is 61.9 Å². The van der Waals surface area contributed by atoms with Crippen LogP contribution in [0.1, 0.15) is 22.8 Å². The Labute approximate surface area is 125 Å². The first-order valence-corrected chi connectivity index (χ1v) is 7.42. The molecule has 0 atom stereocenters. The summed E-state index contributed by atoms with van der Waals surface area (Å²) in [7, 11) is 0. The van der Waals surface area contributed by atoms with Gasteiger partial charge in [0.25, 0.3) is 0 Å². The van der Waals surface area contributed by atoms with E-state index in [4.69, 9.17) is 0 Å². The van der Waals surface area contributed by atoms with Gasteiger partial charge in [0.2, 0.25) is 0 Å². The molecule has 0 spiro atoms. The maximum atomic E-state index is 4.65. The fraction of sp³-hybridized carbons (Fsp3) is 0.375. The molecule has 0 aromatic carbocycles. The summed E-state index contributed by atoms with van der Waals surface area (Å²) in [5.41, 5.74) is 4.31. The predicted octanol–water partition coefficient (Wildman–Crippen LogP) is 0.959. The van der Waals surface area contributed by atoms with Gasteiger partial charge >= 0.3 is 0 Å². The Kier molecular flexibility index (Phi) is 4.89. The minimum absolute atomic E-state index is 0.762. The zero-order valence-electron chi connectivity index (χ0n) is 12.1. The van der Waals surface area contributed by atoms with E-state index in [-0.39, 0.29) is 0 Å². The lowest BCUT2D eigenvalue weighted by atomic mass is 10.2. The van der Waals surface area contributed by atoms with Crippen molar-refractivity contribution in [3.8, 4) is 0 Å². The van der Waals surface area contributed by atoms with Gasteiger partial charge in [-0.1, -0.05) is 12.1 Å². The monoisotopic (exact) mass is 283 g/mol.